The molecule has 0 aliphatic rings. The highest BCUT2D eigenvalue weighted by Crippen LogP contribution is 2.29. The monoisotopic (exact) mass is 271 g/mol. The average Bonchev–Trinajstić information content (AvgIpc) is 2.78. The Morgan fingerprint density at radius 2 is 2.05 bits per heavy atom. The summed E-state index contributed by atoms with van der Waals surface area (Å²) in [6, 6.07) is 10.5. The summed E-state index contributed by atoms with van der Waals surface area (Å²) in [7, 11) is 1.58. The van der Waals surface area contributed by atoms with Crippen LogP contribution < -0.4 is 10.5 Å². The molecule has 0 aliphatic carbocycles. The second-order valence-corrected chi connectivity index (χ2v) is 4.57. The van der Waals surface area contributed by atoms with Gasteiger partial charge in [-0.05, 0) is 36.8 Å². The summed E-state index contributed by atoms with van der Waals surface area (Å²) in [4.78, 5) is 4.31. The molecule has 0 aliphatic heterocycles. The van der Waals surface area contributed by atoms with Crippen molar-refractivity contribution >= 4 is 17.0 Å². The van der Waals surface area contributed by atoms with Gasteiger partial charge in [-0.15, -0.1) is 0 Å². The van der Waals surface area contributed by atoms with Gasteiger partial charge in [0.2, 0.25) is 5.95 Å². The number of anilines is 1. The van der Waals surface area contributed by atoms with E-state index in [1.807, 2.05) is 24.3 Å². The van der Waals surface area contributed by atoms with E-state index in [0.717, 1.165) is 5.52 Å². The molecule has 102 valence electrons. The second-order valence-electron chi connectivity index (χ2n) is 4.57. The number of hydrogen-bond donors (Lipinski definition) is 1. The molecule has 0 amide bonds. The molecule has 1 aromatic heterocycles. The Hall–Kier alpha value is -2.56. The van der Waals surface area contributed by atoms with Crippen molar-refractivity contribution in [2.75, 3.05) is 12.8 Å². The molecule has 2 N–H and O–H groups in total. The molecule has 0 unspecified atom stereocenters. The molecule has 5 heteroatoms. The Kier molecular flexibility index (Phi) is 2.82. The first-order chi connectivity index (χ1) is 9.61. The highest BCUT2D eigenvalue weighted by molar-refractivity contribution is 5.86. The summed E-state index contributed by atoms with van der Waals surface area (Å²) in [5.41, 5.74) is 8.65. The molecule has 0 saturated carbocycles. The Labute approximate surface area is 115 Å². The minimum atomic E-state index is -0.272. The van der Waals surface area contributed by atoms with Crippen molar-refractivity contribution in [2.45, 2.75) is 6.92 Å². The fraction of sp³-hybridized carbons (Fsp3) is 0.133. The second kappa shape index (κ2) is 4.52. The van der Waals surface area contributed by atoms with Gasteiger partial charge in [-0.25, -0.2) is 9.37 Å². The lowest BCUT2D eigenvalue weighted by Crippen LogP contribution is -2.01. The number of para-hydroxylation sites is 1. The highest BCUT2D eigenvalue weighted by Gasteiger charge is 2.14. The number of aromatic nitrogens is 2. The van der Waals surface area contributed by atoms with E-state index < -0.39 is 0 Å². The van der Waals surface area contributed by atoms with Crippen LogP contribution in [-0.2, 0) is 0 Å². The number of hydrogen-bond acceptors (Lipinski definition) is 3. The quantitative estimate of drug-likeness (QED) is 0.779. The molecule has 0 fully saturated rings. The Morgan fingerprint density at radius 1 is 1.25 bits per heavy atom. The molecular weight excluding hydrogens is 257 g/mol. The van der Waals surface area contributed by atoms with Crippen LogP contribution in [0.1, 0.15) is 5.56 Å². The molecule has 0 radical (unpaired) electrons. The Morgan fingerprint density at radius 3 is 2.75 bits per heavy atom. The van der Waals surface area contributed by atoms with Crippen LogP contribution in [0.4, 0.5) is 10.3 Å². The number of nitrogen functional groups attached to an aromatic ring is 1. The summed E-state index contributed by atoms with van der Waals surface area (Å²) >= 11 is 0. The van der Waals surface area contributed by atoms with Crippen LogP contribution in [0.2, 0.25) is 0 Å². The van der Waals surface area contributed by atoms with Gasteiger partial charge < -0.3 is 10.5 Å². The number of halogens is 1. The average molecular weight is 271 g/mol. The van der Waals surface area contributed by atoms with E-state index in [0.29, 0.717) is 28.5 Å². The Bertz CT molecular complexity index is 795. The molecule has 0 saturated heterocycles. The van der Waals surface area contributed by atoms with Crippen LogP contribution in [0.15, 0.2) is 36.4 Å². The van der Waals surface area contributed by atoms with Crippen molar-refractivity contribution in [2.24, 2.45) is 0 Å². The number of methoxy groups -OCH3 is 1. The van der Waals surface area contributed by atoms with E-state index in [1.54, 1.807) is 24.7 Å². The van der Waals surface area contributed by atoms with E-state index in [9.17, 15) is 4.39 Å². The van der Waals surface area contributed by atoms with E-state index in [2.05, 4.69) is 4.98 Å². The van der Waals surface area contributed by atoms with Crippen LogP contribution in [0.5, 0.6) is 5.75 Å². The lowest BCUT2D eigenvalue weighted by molar-refractivity contribution is 0.419. The minimum Gasteiger partial charge on any atom is -0.494 e. The molecule has 0 bridgehead atoms. The smallest absolute Gasteiger partial charge is 0.206 e. The van der Waals surface area contributed by atoms with Crippen molar-refractivity contribution in [1.82, 2.24) is 9.55 Å². The topological polar surface area (TPSA) is 53.1 Å². The van der Waals surface area contributed by atoms with Gasteiger partial charge in [0.25, 0.3) is 0 Å². The SMILES string of the molecule is COc1cccc2c1nc(N)n2-c1ccc(C)c(F)c1. The standard InChI is InChI=1S/C15H14FN3O/c1-9-6-7-10(8-11(9)16)19-12-4-3-5-13(20-2)14(12)18-15(19)17/h3-8H,1-2H3,(H2,17,18). The normalized spacial score (nSPS) is 10.9. The fourth-order valence-electron chi connectivity index (χ4n) is 2.25. The number of benzene rings is 2. The molecule has 0 spiro atoms. The number of imidazole rings is 1. The molecule has 2 aromatic carbocycles. The molecule has 3 rings (SSSR count). The predicted octanol–water partition coefficient (Wildman–Crippen LogP) is 3.06. The van der Waals surface area contributed by atoms with Gasteiger partial charge in [-0.1, -0.05) is 12.1 Å². The van der Waals surface area contributed by atoms with Gasteiger partial charge in [0.1, 0.15) is 17.1 Å². The third-order valence-electron chi connectivity index (χ3n) is 3.31. The molecular formula is C15H14FN3O. The third-order valence-corrected chi connectivity index (χ3v) is 3.31. The zero-order chi connectivity index (χ0) is 14.3. The van der Waals surface area contributed by atoms with E-state index in [1.165, 1.54) is 6.07 Å². The van der Waals surface area contributed by atoms with Crippen molar-refractivity contribution < 1.29 is 9.13 Å². The summed E-state index contributed by atoms with van der Waals surface area (Å²) < 4.78 is 20.7. The van der Waals surface area contributed by atoms with Crippen LogP contribution >= 0.6 is 0 Å². The Balaban J connectivity index is 2.30. The number of ether oxygens (including phenoxy) is 1. The van der Waals surface area contributed by atoms with Crippen LogP contribution in [-0.4, -0.2) is 16.7 Å². The maximum Gasteiger partial charge on any atom is 0.206 e. The van der Waals surface area contributed by atoms with Gasteiger partial charge in [-0.2, -0.15) is 0 Å². The molecule has 4 nitrogen and oxygen atoms in total. The first-order valence-electron chi connectivity index (χ1n) is 6.19. The van der Waals surface area contributed by atoms with Crippen LogP contribution in [0.25, 0.3) is 16.7 Å². The number of aryl methyl sites for hydroxylation is 1. The summed E-state index contributed by atoms with van der Waals surface area (Å²) in [5.74, 6) is 0.667. The van der Waals surface area contributed by atoms with Gasteiger partial charge >= 0.3 is 0 Å². The lowest BCUT2D eigenvalue weighted by Gasteiger charge is -2.08. The summed E-state index contributed by atoms with van der Waals surface area (Å²) in [6.07, 6.45) is 0. The van der Waals surface area contributed by atoms with Crippen molar-refractivity contribution in [3.05, 3.63) is 47.8 Å². The summed E-state index contributed by atoms with van der Waals surface area (Å²) in [6.45, 7) is 1.72. The fourth-order valence-corrected chi connectivity index (χ4v) is 2.25. The largest absolute Gasteiger partial charge is 0.494 e. The van der Waals surface area contributed by atoms with E-state index in [4.69, 9.17) is 10.5 Å². The lowest BCUT2D eigenvalue weighted by atomic mass is 10.2. The zero-order valence-electron chi connectivity index (χ0n) is 11.2. The molecule has 1 heterocycles. The van der Waals surface area contributed by atoms with Gasteiger partial charge in [0.15, 0.2) is 0 Å². The van der Waals surface area contributed by atoms with Gasteiger partial charge in [0, 0.05) is 0 Å². The number of nitrogens with two attached hydrogens (primary N) is 1. The van der Waals surface area contributed by atoms with Crippen molar-refractivity contribution in [1.29, 1.82) is 0 Å². The van der Waals surface area contributed by atoms with Gasteiger partial charge in [0.05, 0.1) is 18.3 Å². The first kappa shape index (κ1) is 12.5. The number of rotatable bonds is 2. The minimum absolute atomic E-state index is 0.272. The third kappa shape index (κ3) is 1.79. The van der Waals surface area contributed by atoms with Gasteiger partial charge in [-0.3, -0.25) is 4.57 Å². The van der Waals surface area contributed by atoms with E-state index >= 15 is 0 Å². The maximum atomic E-state index is 13.7. The van der Waals surface area contributed by atoms with Crippen molar-refractivity contribution in [3.63, 3.8) is 0 Å². The van der Waals surface area contributed by atoms with Crippen molar-refractivity contribution in [3.8, 4) is 11.4 Å². The van der Waals surface area contributed by atoms with Crippen LogP contribution in [0, 0.1) is 12.7 Å². The molecule has 3 aromatic rings. The van der Waals surface area contributed by atoms with E-state index in [-0.39, 0.29) is 5.82 Å². The maximum absolute atomic E-state index is 13.7. The first-order valence-corrected chi connectivity index (χ1v) is 6.19. The highest BCUT2D eigenvalue weighted by atomic mass is 19.1. The predicted molar refractivity (Wildman–Crippen MR) is 76.7 cm³/mol. The number of nitrogens with zero attached hydrogens (tertiary/aromatic N) is 2. The molecule has 20 heavy (non-hydrogen) atoms. The number of fused-ring (bicyclic) bond motifs is 1. The zero-order valence-corrected chi connectivity index (χ0v) is 11.2. The summed E-state index contributed by atoms with van der Waals surface area (Å²) in [5, 5.41) is 0. The molecule has 0 atom stereocenters. The van der Waals surface area contributed by atoms with Crippen LogP contribution in [0.3, 0.4) is 0 Å².